The van der Waals surface area contributed by atoms with E-state index < -0.39 is 21.7 Å². The number of sulfonamides is 1. The number of benzene rings is 2. The number of nitriles is 1. The van der Waals surface area contributed by atoms with Gasteiger partial charge in [0, 0.05) is 32.2 Å². The van der Waals surface area contributed by atoms with Crippen LogP contribution in [0.1, 0.15) is 27.3 Å². The molecule has 0 N–H and O–H groups in total. The summed E-state index contributed by atoms with van der Waals surface area (Å²) in [7, 11) is -3.75. The maximum Gasteiger partial charge on any atom is 0.256 e. The van der Waals surface area contributed by atoms with Crippen LogP contribution in [0.4, 0.5) is 4.39 Å². The van der Waals surface area contributed by atoms with Gasteiger partial charge in [-0.05, 0) is 44.2 Å². The summed E-state index contributed by atoms with van der Waals surface area (Å²) >= 11 is 0. The number of carbonyl (C=O) groups is 1. The molecule has 0 saturated carbocycles. The Balaban J connectivity index is 1.55. The molecule has 2 aromatic carbocycles. The summed E-state index contributed by atoms with van der Waals surface area (Å²) in [6.07, 6.45) is 0. The lowest BCUT2D eigenvalue weighted by molar-refractivity contribution is 0.0699. The lowest BCUT2D eigenvalue weighted by atomic mass is 10.1. The molecule has 0 spiro atoms. The van der Waals surface area contributed by atoms with Crippen molar-refractivity contribution in [3.05, 3.63) is 64.7 Å². The topological polar surface area (TPSA) is 107 Å². The van der Waals surface area contributed by atoms with E-state index in [1.807, 2.05) is 6.07 Å². The van der Waals surface area contributed by atoms with Crippen molar-refractivity contribution in [3.8, 4) is 6.07 Å². The summed E-state index contributed by atoms with van der Waals surface area (Å²) in [5.74, 6) is -0.997. The number of carbonyl (C=O) groups excluding carboxylic acids is 1. The van der Waals surface area contributed by atoms with Gasteiger partial charge in [-0.2, -0.15) is 9.57 Å². The first kappa shape index (κ1) is 21.8. The minimum Gasteiger partial charge on any atom is -0.336 e. The average molecular weight is 453 g/mol. The molecule has 1 fully saturated rings. The zero-order valence-corrected chi connectivity index (χ0v) is 18.4. The van der Waals surface area contributed by atoms with Crippen molar-refractivity contribution in [1.29, 1.82) is 5.26 Å². The van der Waals surface area contributed by atoms with E-state index in [9.17, 15) is 17.6 Å². The number of piperazine rings is 1. The van der Waals surface area contributed by atoms with Crippen molar-refractivity contribution < 1.29 is 17.6 Å². The number of hydrogen-bond donors (Lipinski definition) is 0. The molecule has 0 atom stereocenters. The van der Waals surface area contributed by atoms with Gasteiger partial charge < -0.3 is 4.90 Å². The number of amides is 1. The monoisotopic (exact) mass is 453 g/mol. The Kier molecular flexibility index (Phi) is 5.62. The van der Waals surface area contributed by atoms with E-state index in [1.165, 1.54) is 39.5 Å². The summed E-state index contributed by atoms with van der Waals surface area (Å²) in [5.41, 5.74) is 2.42. The Morgan fingerprint density at radius 1 is 1.03 bits per heavy atom. The molecule has 1 aliphatic heterocycles. The summed E-state index contributed by atoms with van der Waals surface area (Å²) in [4.78, 5) is 23.5. The van der Waals surface area contributed by atoms with Gasteiger partial charge in [-0.25, -0.2) is 22.8 Å². The Morgan fingerprint density at radius 3 is 2.28 bits per heavy atom. The Labute approximate surface area is 185 Å². The van der Waals surface area contributed by atoms with Crippen LogP contribution in [0, 0.1) is 31.0 Å². The molecule has 4 rings (SSSR count). The molecule has 164 valence electrons. The molecule has 1 aromatic heterocycles. The van der Waals surface area contributed by atoms with Crippen LogP contribution in [0.2, 0.25) is 0 Å². The molecule has 0 aliphatic carbocycles. The van der Waals surface area contributed by atoms with Gasteiger partial charge in [0.2, 0.25) is 10.0 Å². The fraction of sp³-hybridized carbons (Fsp3) is 0.273. The molecule has 0 bridgehead atoms. The normalized spacial score (nSPS) is 15.0. The van der Waals surface area contributed by atoms with E-state index in [0.717, 1.165) is 6.07 Å². The maximum absolute atomic E-state index is 14.2. The van der Waals surface area contributed by atoms with Gasteiger partial charge in [0.15, 0.2) is 0 Å². The maximum atomic E-state index is 14.2. The quantitative estimate of drug-likeness (QED) is 0.603. The molecule has 0 unspecified atom stereocenters. The SMILES string of the molecule is Cc1nc2cc(F)cc(C(=O)N3CCN(S(=O)(=O)c4ccc(C#N)cc4)CC3)c2nc1C. The van der Waals surface area contributed by atoms with Gasteiger partial charge in [-0.3, -0.25) is 4.79 Å². The van der Waals surface area contributed by atoms with Crippen LogP contribution in [-0.4, -0.2) is 59.7 Å². The van der Waals surface area contributed by atoms with Crippen LogP contribution in [0.5, 0.6) is 0 Å². The first-order chi connectivity index (χ1) is 15.2. The highest BCUT2D eigenvalue weighted by Gasteiger charge is 2.31. The average Bonchev–Trinajstić information content (AvgIpc) is 2.79. The van der Waals surface area contributed by atoms with Gasteiger partial charge >= 0.3 is 0 Å². The highest BCUT2D eigenvalue weighted by atomic mass is 32.2. The molecule has 1 amide bonds. The van der Waals surface area contributed by atoms with Gasteiger partial charge in [-0.15, -0.1) is 0 Å². The van der Waals surface area contributed by atoms with Gasteiger partial charge in [-0.1, -0.05) is 0 Å². The van der Waals surface area contributed by atoms with Crippen molar-refractivity contribution >= 4 is 27.0 Å². The standard InChI is InChI=1S/C22H20FN5O3S/c1-14-15(2)26-21-19(11-17(23)12-20(21)25-14)22(29)27-7-9-28(10-8-27)32(30,31)18-5-3-16(13-24)4-6-18/h3-6,11-12H,7-10H2,1-2H3. The van der Waals surface area contributed by atoms with Crippen LogP contribution in [0.25, 0.3) is 11.0 Å². The highest BCUT2D eigenvalue weighted by Crippen LogP contribution is 2.23. The summed E-state index contributed by atoms with van der Waals surface area (Å²) < 4.78 is 41.3. The van der Waals surface area contributed by atoms with E-state index in [0.29, 0.717) is 28.0 Å². The second kappa shape index (κ2) is 8.26. The number of rotatable bonds is 3. The van der Waals surface area contributed by atoms with Crippen LogP contribution < -0.4 is 0 Å². The summed E-state index contributed by atoms with van der Waals surface area (Å²) in [6, 6.07) is 10.0. The van der Waals surface area contributed by atoms with Crippen LogP contribution in [-0.2, 0) is 10.0 Å². The molecular weight excluding hydrogens is 433 g/mol. The molecule has 32 heavy (non-hydrogen) atoms. The number of aryl methyl sites for hydroxylation is 2. The number of hydrogen-bond acceptors (Lipinski definition) is 6. The van der Waals surface area contributed by atoms with Crippen molar-refractivity contribution in [2.45, 2.75) is 18.7 Å². The van der Waals surface area contributed by atoms with Crippen molar-refractivity contribution in [2.75, 3.05) is 26.2 Å². The molecule has 1 aliphatic rings. The molecule has 2 heterocycles. The minimum atomic E-state index is -3.75. The molecule has 0 radical (unpaired) electrons. The molecule has 10 heteroatoms. The second-order valence-electron chi connectivity index (χ2n) is 7.55. The zero-order valence-electron chi connectivity index (χ0n) is 17.5. The zero-order chi connectivity index (χ0) is 23.0. The predicted molar refractivity (Wildman–Crippen MR) is 115 cm³/mol. The lowest BCUT2D eigenvalue weighted by Gasteiger charge is -2.34. The van der Waals surface area contributed by atoms with Crippen LogP contribution in [0.3, 0.4) is 0 Å². The van der Waals surface area contributed by atoms with E-state index in [2.05, 4.69) is 9.97 Å². The summed E-state index contributed by atoms with van der Waals surface area (Å²) in [5, 5.41) is 8.89. The highest BCUT2D eigenvalue weighted by molar-refractivity contribution is 7.89. The number of aromatic nitrogens is 2. The van der Waals surface area contributed by atoms with E-state index in [1.54, 1.807) is 13.8 Å². The number of nitrogens with zero attached hydrogens (tertiary/aromatic N) is 5. The van der Waals surface area contributed by atoms with E-state index in [-0.39, 0.29) is 36.6 Å². The third-order valence-corrected chi connectivity index (χ3v) is 7.44. The van der Waals surface area contributed by atoms with Crippen LogP contribution >= 0.6 is 0 Å². The fourth-order valence-corrected chi connectivity index (χ4v) is 5.04. The first-order valence-corrected chi connectivity index (χ1v) is 11.4. The number of fused-ring (bicyclic) bond motifs is 1. The Bertz CT molecular complexity index is 1360. The number of halogens is 1. The second-order valence-corrected chi connectivity index (χ2v) is 9.49. The molecular formula is C22H20FN5O3S. The van der Waals surface area contributed by atoms with Crippen molar-refractivity contribution in [2.24, 2.45) is 0 Å². The van der Waals surface area contributed by atoms with E-state index >= 15 is 0 Å². The summed E-state index contributed by atoms with van der Waals surface area (Å²) in [6.45, 7) is 4.05. The Morgan fingerprint density at radius 2 is 1.66 bits per heavy atom. The molecule has 3 aromatic rings. The largest absolute Gasteiger partial charge is 0.336 e. The van der Waals surface area contributed by atoms with Crippen molar-refractivity contribution in [3.63, 3.8) is 0 Å². The Hall–Kier alpha value is -3.42. The fourth-order valence-electron chi connectivity index (χ4n) is 3.61. The van der Waals surface area contributed by atoms with Crippen LogP contribution in [0.15, 0.2) is 41.3 Å². The van der Waals surface area contributed by atoms with Gasteiger partial charge in [0.25, 0.3) is 5.91 Å². The van der Waals surface area contributed by atoms with Gasteiger partial charge in [0.1, 0.15) is 11.3 Å². The van der Waals surface area contributed by atoms with E-state index in [4.69, 9.17) is 5.26 Å². The lowest BCUT2D eigenvalue weighted by Crippen LogP contribution is -2.50. The first-order valence-electron chi connectivity index (χ1n) is 9.95. The molecule has 8 nitrogen and oxygen atoms in total. The van der Waals surface area contributed by atoms with Gasteiger partial charge in [0.05, 0.1) is 39.0 Å². The molecule has 1 saturated heterocycles. The third-order valence-electron chi connectivity index (χ3n) is 5.52. The predicted octanol–water partition coefficient (Wildman–Crippen LogP) is 2.40. The minimum absolute atomic E-state index is 0.0912. The smallest absolute Gasteiger partial charge is 0.256 e. The van der Waals surface area contributed by atoms with Crippen molar-refractivity contribution in [1.82, 2.24) is 19.2 Å². The third kappa shape index (κ3) is 3.92.